The van der Waals surface area contributed by atoms with Crippen molar-refractivity contribution >= 4 is 45.1 Å². The van der Waals surface area contributed by atoms with Gasteiger partial charge < -0.3 is 9.32 Å². The van der Waals surface area contributed by atoms with Crippen molar-refractivity contribution in [3.8, 4) is 55.6 Å². The van der Waals surface area contributed by atoms with Gasteiger partial charge in [-0.3, -0.25) is 0 Å². The van der Waals surface area contributed by atoms with Gasteiger partial charge in [0.1, 0.15) is 11.2 Å². The maximum absolute atomic E-state index is 6.93. The van der Waals surface area contributed by atoms with Gasteiger partial charge in [0.25, 0.3) is 0 Å². The third kappa shape index (κ3) is 6.16. The normalized spacial score (nSPS) is 13.5. The number of fused-ring (bicyclic) bond motifs is 8. The van der Waals surface area contributed by atoms with E-state index in [2.05, 4.69) is 231 Å². The van der Waals surface area contributed by atoms with E-state index in [0.717, 1.165) is 74.1 Å². The predicted molar refractivity (Wildman–Crippen MR) is 265 cm³/mol. The first-order chi connectivity index (χ1) is 31.0. The Morgan fingerprint density at radius 2 is 1.02 bits per heavy atom. The van der Waals surface area contributed by atoms with Crippen LogP contribution in [0.3, 0.4) is 0 Å². The van der Waals surface area contributed by atoms with E-state index in [1.165, 1.54) is 55.6 Å². The van der Waals surface area contributed by atoms with E-state index < -0.39 is 0 Å². The second-order valence-corrected chi connectivity index (χ2v) is 17.6. The number of rotatable bonds is 7. The van der Waals surface area contributed by atoms with Crippen LogP contribution in [0.25, 0.3) is 83.6 Å². The Kier molecular flexibility index (Phi) is 8.69. The summed E-state index contributed by atoms with van der Waals surface area (Å²) in [6.07, 6.45) is 6.59. The highest BCUT2D eigenvalue weighted by Crippen LogP contribution is 2.51. The number of hydrogen-bond acceptors (Lipinski definition) is 2. The standard InChI is InChI=1S/C61H45NO/c1-61(2)57-28-15-14-26-49(57)50-34-33-47(36-58(50)61)62(45-31-29-41(30-32-45)40-17-6-3-7-18-40)46-24-16-23-44(35-46)53-37-55-56-38-52(42-19-8-4-9-20-42)48-25-12-13-27-51(48)60(56)63-59(55)39-54(53)43-21-10-5-11-22-43/h3-11,13-24,26-39H,12,25H2,1-2H3. The van der Waals surface area contributed by atoms with Crippen molar-refractivity contribution in [1.82, 2.24) is 0 Å². The number of allylic oxidation sites excluding steroid dienone is 1. The van der Waals surface area contributed by atoms with Crippen LogP contribution in [-0.4, -0.2) is 0 Å². The van der Waals surface area contributed by atoms with Crippen LogP contribution in [0.4, 0.5) is 17.1 Å². The fourth-order valence-electron chi connectivity index (χ4n) is 10.4. The van der Waals surface area contributed by atoms with E-state index in [9.17, 15) is 0 Å². The van der Waals surface area contributed by atoms with Crippen LogP contribution < -0.4 is 4.90 Å². The Morgan fingerprint density at radius 3 is 1.78 bits per heavy atom. The van der Waals surface area contributed by atoms with Crippen molar-refractivity contribution in [2.24, 2.45) is 0 Å². The lowest BCUT2D eigenvalue weighted by atomic mass is 9.82. The summed E-state index contributed by atoms with van der Waals surface area (Å²) in [5.41, 5.74) is 22.5. The summed E-state index contributed by atoms with van der Waals surface area (Å²) in [4.78, 5) is 2.43. The van der Waals surface area contributed by atoms with Crippen molar-refractivity contribution in [3.63, 3.8) is 0 Å². The third-order valence-corrected chi connectivity index (χ3v) is 13.5. The van der Waals surface area contributed by atoms with Gasteiger partial charge in [-0.25, -0.2) is 0 Å². The zero-order chi connectivity index (χ0) is 42.1. The summed E-state index contributed by atoms with van der Waals surface area (Å²) >= 11 is 0. The Labute approximate surface area is 369 Å². The Bertz CT molecular complexity index is 3390. The van der Waals surface area contributed by atoms with Crippen LogP contribution in [0.5, 0.6) is 0 Å². The molecule has 0 fully saturated rings. The highest BCUT2D eigenvalue weighted by Gasteiger charge is 2.36. The number of benzene rings is 9. The summed E-state index contributed by atoms with van der Waals surface area (Å²) < 4.78 is 6.93. The van der Waals surface area contributed by atoms with E-state index in [4.69, 9.17) is 4.42 Å². The average molecular weight is 808 g/mol. The van der Waals surface area contributed by atoms with Gasteiger partial charge in [-0.2, -0.15) is 0 Å². The van der Waals surface area contributed by atoms with Crippen LogP contribution in [0.15, 0.2) is 211 Å². The summed E-state index contributed by atoms with van der Waals surface area (Å²) in [6.45, 7) is 4.72. The smallest absolute Gasteiger partial charge is 0.142 e. The van der Waals surface area contributed by atoms with E-state index in [0.29, 0.717) is 0 Å². The van der Waals surface area contributed by atoms with Crippen LogP contribution in [0, 0.1) is 0 Å². The molecule has 10 aromatic rings. The molecule has 0 amide bonds. The molecular weight excluding hydrogens is 763 g/mol. The van der Waals surface area contributed by atoms with Crippen LogP contribution >= 0.6 is 0 Å². The molecule has 12 rings (SSSR count). The first-order valence-corrected chi connectivity index (χ1v) is 22.1. The summed E-state index contributed by atoms with van der Waals surface area (Å²) in [5, 5.41) is 2.27. The van der Waals surface area contributed by atoms with Gasteiger partial charge >= 0.3 is 0 Å². The Balaban J connectivity index is 1.06. The minimum Gasteiger partial charge on any atom is -0.455 e. The fraction of sp³-hybridized carbons (Fsp3) is 0.0820. The molecule has 2 nitrogen and oxygen atoms in total. The minimum atomic E-state index is -0.130. The van der Waals surface area contributed by atoms with Gasteiger partial charge in [0.05, 0.1) is 0 Å². The lowest BCUT2D eigenvalue weighted by Gasteiger charge is -2.28. The number of anilines is 3. The maximum Gasteiger partial charge on any atom is 0.142 e. The van der Waals surface area contributed by atoms with Gasteiger partial charge in [0, 0.05) is 38.8 Å². The van der Waals surface area contributed by atoms with Gasteiger partial charge in [0.15, 0.2) is 0 Å². The van der Waals surface area contributed by atoms with Crippen LogP contribution in [-0.2, 0) is 11.8 Å². The van der Waals surface area contributed by atoms with Crippen molar-refractivity contribution in [2.45, 2.75) is 32.1 Å². The molecule has 0 spiro atoms. The lowest BCUT2D eigenvalue weighted by Crippen LogP contribution is -2.16. The van der Waals surface area contributed by atoms with Crippen molar-refractivity contribution in [3.05, 3.63) is 229 Å². The average Bonchev–Trinajstić information content (AvgIpc) is 3.83. The molecule has 2 aliphatic carbocycles. The van der Waals surface area contributed by atoms with Crippen molar-refractivity contribution in [1.29, 1.82) is 0 Å². The van der Waals surface area contributed by atoms with Crippen LogP contribution in [0.2, 0.25) is 0 Å². The number of nitrogens with zero attached hydrogens (tertiary/aromatic N) is 1. The highest BCUT2D eigenvalue weighted by atomic mass is 16.3. The van der Waals surface area contributed by atoms with Crippen LogP contribution in [0.1, 0.15) is 42.5 Å². The largest absolute Gasteiger partial charge is 0.455 e. The maximum atomic E-state index is 6.93. The van der Waals surface area contributed by atoms with Crippen molar-refractivity contribution < 1.29 is 4.42 Å². The second kappa shape index (κ2) is 14.8. The number of furan rings is 1. The highest BCUT2D eigenvalue weighted by molar-refractivity contribution is 6.13. The molecule has 0 aliphatic heterocycles. The zero-order valence-corrected chi connectivity index (χ0v) is 35.5. The molecule has 9 aromatic carbocycles. The summed E-state index contributed by atoms with van der Waals surface area (Å²) in [6, 6.07) is 73.3. The zero-order valence-electron chi connectivity index (χ0n) is 35.5. The molecule has 300 valence electrons. The van der Waals surface area contributed by atoms with E-state index >= 15 is 0 Å². The molecule has 2 heteroatoms. The Morgan fingerprint density at radius 1 is 0.429 bits per heavy atom. The Hall–Kier alpha value is -7.68. The number of hydrogen-bond donors (Lipinski definition) is 0. The second-order valence-electron chi connectivity index (χ2n) is 17.6. The monoisotopic (exact) mass is 807 g/mol. The first kappa shape index (κ1) is 37.1. The molecular formula is C61H45NO. The quantitative estimate of drug-likeness (QED) is 0.159. The molecule has 0 radical (unpaired) electrons. The summed E-state index contributed by atoms with van der Waals surface area (Å²) in [7, 11) is 0. The van der Waals surface area contributed by atoms with E-state index in [1.807, 2.05) is 0 Å². The molecule has 0 unspecified atom stereocenters. The molecule has 0 N–H and O–H groups in total. The van der Waals surface area contributed by atoms with Gasteiger partial charge in [0.2, 0.25) is 0 Å². The molecule has 0 saturated heterocycles. The fourth-order valence-corrected chi connectivity index (χ4v) is 10.4. The van der Waals surface area contributed by atoms with Gasteiger partial charge in [-0.1, -0.05) is 172 Å². The van der Waals surface area contributed by atoms with E-state index in [-0.39, 0.29) is 5.41 Å². The minimum absolute atomic E-state index is 0.130. The van der Waals surface area contributed by atoms with Gasteiger partial charge in [-0.05, 0) is 140 Å². The summed E-state index contributed by atoms with van der Waals surface area (Å²) in [5.74, 6) is 0. The lowest BCUT2D eigenvalue weighted by molar-refractivity contribution is 0.660. The predicted octanol–water partition coefficient (Wildman–Crippen LogP) is 17.0. The van der Waals surface area contributed by atoms with Gasteiger partial charge in [-0.15, -0.1) is 0 Å². The first-order valence-electron chi connectivity index (χ1n) is 22.1. The molecule has 0 saturated carbocycles. The molecule has 1 heterocycles. The van der Waals surface area contributed by atoms with E-state index in [1.54, 1.807) is 0 Å². The topological polar surface area (TPSA) is 16.4 Å². The SMILES string of the molecule is CC1(C)c2ccccc2-c2ccc(N(c3ccc(-c4ccccc4)cc3)c3cccc(-c4cc5c(cc4-c4ccccc4)oc4c6c(c(-c7ccccc7)cc45)CCC=C6)c3)cc21. The molecule has 2 aliphatic rings. The molecule has 1 aromatic heterocycles. The molecule has 0 bridgehead atoms. The molecule has 63 heavy (non-hydrogen) atoms. The van der Waals surface area contributed by atoms with Crippen molar-refractivity contribution in [2.75, 3.05) is 4.90 Å². The third-order valence-electron chi connectivity index (χ3n) is 13.5. The molecule has 0 atom stereocenters.